The fraction of sp³-hybridized carbons (Fsp3) is 0.474. The van der Waals surface area contributed by atoms with Crippen LogP contribution in [0.5, 0.6) is 0 Å². The van der Waals surface area contributed by atoms with Crippen LogP contribution in [0.2, 0.25) is 0 Å². The van der Waals surface area contributed by atoms with Crippen molar-refractivity contribution in [1.29, 1.82) is 0 Å². The van der Waals surface area contributed by atoms with E-state index in [-0.39, 0.29) is 12.1 Å². The summed E-state index contributed by atoms with van der Waals surface area (Å²) in [4.78, 5) is 12.2. The van der Waals surface area contributed by atoms with E-state index in [2.05, 4.69) is 51.8 Å². The number of hydrogen-bond donors (Lipinski definition) is 0. The van der Waals surface area contributed by atoms with Gasteiger partial charge in [0.1, 0.15) is 6.04 Å². The van der Waals surface area contributed by atoms with Crippen molar-refractivity contribution in [2.75, 3.05) is 19.5 Å². The van der Waals surface area contributed by atoms with E-state index in [0.29, 0.717) is 12.6 Å². The predicted molar refractivity (Wildman–Crippen MR) is 102 cm³/mol. The highest BCUT2D eigenvalue weighted by atomic mass is 32.2. The van der Waals surface area contributed by atoms with Crippen LogP contribution in [0, 0.1) is 0 Å². The lowest BCUT2D eigenvalue weighted by Gasteiger charge is -2.32. The average molecular weight is 356 g/mol. The molecule has 4 rings (SSSR count). The number of rotatable bonds is 6. The number of aromatic nitrogens is 2. The van der Waals surface area contributed by atoms with Crippen LogP contribution in [0.25, 0.3) is 0 Å². The van der Waals surface area contributed by atoms with Gasteiger partial charge in [-0.25, -0.2) is 0 Å². The molecule has 3 unspecified atom stereocenters. The van der Waals surface area contributed by atoms with E-state index in [4.69, 9.17) is 9.73 Å². The van der Waals surface area contributed by atoms with Crippen LogP contribution in [-0.2, 0) is 11.3 Å². The third-order valence-corrected chi connectivity index (χ3v) is 6.16. The maximum Gasteiger partial charge on any atom is 0.160 e. The van der Waals surface area contributed by atoms with Gasteiger partial charge in [0, 0.05) is 43.5 Å². The second kappa shape index (κ2) is 7.22. The summed E-state index contributed by atoms with van der Waals surface area (Å²) in [6.07, 6.45) is 5.15. The zero-order valence-corrected chi connectivity index (χ0v) is 15.5. The zero-order valence-electron chi connectivity index (χ0n) is 14.7. The van der Waals surface area contributed by atoms with Gasteiger partial charge in [-0.3, -0.25) is 9.98 Å². The molecule has 0 saturated carbocycles. The van der Waals surface area contributed by atoms with Gasteiger partial charge < -0.3 is 14.2 Å². The molecule has 0 bridgehead atoms. The molecule has 5 nitrogen and oxygen atoms in total. The van der Waals surface area contributed by atoms with Crippen molar-refractivity contribution in [3.8, 4) is 0 Å². The molecule has 2 aromatic rings. The van der Waals surface area contributed by atoms with Gasteiger partial charge in [-0.2, -0.15) is 0 Å². The summed E-state index contributed by atoms with van der Waals surface area (Å²) in [6.45, 7) is 3.84. The number of nitrogens with zero attached hydrogens (tertiary/aromatic N) is 4. The third-order valence-electron chi connectivity index (χ3n) is 5.03. The molecule has 1 saturated heterocycles. The van der Waals surface area contributed by atoms with E-state index >= 15 is 0 Å². The van der Waals surface area contributed by atoms with Crippen molar-refractivity contribution in [2.45, 2.75) is 38.0 Å². The van der Waals surface area contributed by atoms with Gasteiger partial charge in [0.05, 0.1) is 18.3 Å². The Labute approximate surface area is 153 Å². The van der Waals surface area contributed by atoms with Gasteiger partial charge in [-0.15, -0.1) is 0 Å². The Morgan fingerprint density at radius 2 is 2.20 bits per heavy atom. The van der Waals surface area contributed by atoms with Crippen molar-refractivity contribution < 1.29 is 4.74 Å². The highest BCUT2D eigenvalue weighted by Crippen LogP contribution is 2.48. The van der Waals surface area contributed by atoms with E-state index in [9.17, 15) is 0 Å². The molecule has 1 fully saturated rings. The van der Waals surface area contributed by atoms with Crippen molar-refractivity contribution in [3.05, 3.63) is 54.1 Å². The fourth-order valence-electron chi connectivity index (χ4n) is 3.76. The molecule has 0 N–H and O–H groups in total. The minimum Gasteiger partial charge on any atom is -0.383 e. The zero-order chi connectivity index (χ0) is 17.2. The molecule has 0 amide bonds. The number of ether oxygens (including phenoxy) is 1. The standard InChI is InChI=1S/C19H24N4OS/c1-3-14-13-25-19-21-17(15-7-4-5-9-20-15)18(23(14)19)16-8-6-10-22(16)11-12-24-2/h4-10,14,17-18H,3,11-13H2,1-2H3. The third kappa shape index (κ3) is 2.98. The monoisotopic (exact) mass is 356 g/mol. The van der Waals surface area contributed by atoms with Gasteiger partial charge in [0.2, 0.25) is 0 Å². The van der Waals surface area contributed by atoms with E-state index in [1.165, 1.54) is 10.9 Å². The first kappa shape index (κ1) is 16.7. The highest BCUT2D eigenvalue weighted by Gasteiger charge is 2.46. The molecule has 6 heteroatoms. The molecular formula is C19H24N4OS. The number of methoxy groups -OCH3 is 1. The minimum absolute atomic E-state index is 0.0502. The Bertz CT molecular complexity index is 745. The Morgan fingerprint density at radius 3 is 2.96 bits per heavy atom. The fourth-order valence-corrected chi connectivity index (χ4v) is 5.10. The maximum atomic E-state index is 5.29. The largest absolute Gasteiger partial charge is 0.383 e. The number of hydrogen-bond acceptors (Lipinski definition) is 5. The van der Waals surface area contributed by atoms with Crippen molar-refractivity contribution in [1.82, 2.24) is 14.5 Å². The summed E-state index contributed by atoms with van der Waals surface area (Å²) in [5, 5.41) is 1.17. The SMILES string of the molecule is CCC1CSC2=NC(c3ccccn3)C(c3cccn3CCOC)N21. The molecule has 0 spiro atoms. The second-order valence-corrected chi connectivity index (χ2v) is 7.44. The predicted octanol–water partition coefficient (Wildman–Crippen LogP) is 3.51. The molecule has 132 valence electrons. The van der Waals surface area contributed by atoms with E-state index in [0.717, 1.165) is 24.4 Å². The minimum atomic E-state index is 0.0502. The molecule has 0 radical (unpaired) electrons. The van der Waals surface area contributed by atoms with Crippen LogP contribution < -0.4 is 0 Å². The molecule has 3 atom stereocenters. The molecule has 4 heterocycles. The van der Waals surface area contributed by atoms with Crippen LogP contribution in [0.3, 0.4) is 0 Å². The Morgan fingerprint density at radius 1 is 1.28 bits per heavy atom. The first-order valence-corrected chi connectivity index (χ1v) is 9.86. The van der Waals surface area contributed by atoms with Gasteiger partial charge in [-0.05, 0) is 30.7 Å². The van der Waals surface area contributed by atoms with Gasteiger partial charge in [0.25, 0.3) is 0 Å². The summed E-state index contributed by atoms with van der Waals surface area (Å²) in [6, 6.07) is 11.3. The van der Waals surface area contributed by atoms with Crippen molar-refractivity contribution >= 4 is 16.9 Å². The average Bonchev–Trinajstić information content (AvgIpc) is 3.35. The summed E-state index contributed by atoms with van der Waals surface area (Å²) in [5.41, 5.74) is 2.34. The lowest BCUT2D eigenvalue weighted by atomic mass is 9.99. The normalized spacial score (nSPS) is 25.3. The van der Waals surface area contributed by atoms with Crippen LogP contribution in [0.4, 0.5) is 0 Å². The van der Waals surface area contributed by atoms with Gasteiger partial charge >= 0.3 is 0 Å². The highest BCUT2D eigenvalue weighted by molar-refractivity contribution is 8.14. The van der Waals surface area contributed by atoms with E-state index < -0.39 is 0 Å². The lowest BCUT2D eigenvalue weighted by molar-refractivity contribution is 0.182. The molecule has 25 heavy (non-hydrogen) atoms. The molecule has 2 aliphatic rings. The molecular weight excluding hydrogens is 332 g/mol. The number of fused-ring (bicyclic) bond motifs is 1. The van der Waals surface area contributed by atoms with Crippen LogP contribution >= 0.6 is 11.8 Å². The van der Waals surface area contributed by atoms with Crippen molar-refractivity contribution in [3.63, 3.8) is 0 Å². The molecule has 0 aromatic carbocycles. The van der Waals surface area contributed by atoms with E-state index in [1.54, 1.807) is 7.11 Å². The Balaban J connectivity index is 1.74. The number of thioether (sulfide) groups is 1. The number of aliphatic imine (C=N–C) groups is 1. The summed E-state index contributed by atoms with van der Waals surface area (Å²) < 4.78 is 7.60. The van der Waals surface area contributed by atoms with Gasteiger partial charge in [-0.1, -0.05) is 24.8 Å². The quantitative estimate of drug-likeness (QED) is 0.794. The van der Waals surface area contributed by atoms with Crippen LogP contribution in [-0.4, -0.2) is 45.1 Å². The van der Waals surface area contributed by atoms with E-state index in [1.807, 2.05) is 24.0 Å². The van der Waals surface area contributed by atoms with Crippen LogP contribution in [0.15, 0.2) is 47.7 Å². The first-order chi connectivity index (χ1) is 12.3. The Kier molecular flexibility index (Phi) is 4.81. The second-order valence-electron chi connectivity index (χ2n) is 6.46. The summed E-state index contributed by atoms with van der Waals surface area (Å²) >= 11 is 1.88. The van der Waals surface area contributed by atoms with Crippen LogP contribution in [0.1, 0.15) is 36.8 Å². The number of pyridine rings is 1. The smallest absolute Gasteiger partial charge is 0.160 e. The first-order valence-electron chi connectivity index (χ1n) is 8.87. The summed E-state index contributed by atoms with van der Waals surface area (Å²) in [7, 11) is 1.75. The van der Waals surface area contributed by atoms with Gasteiger partial charge in [0.15, 0.2) is 5.17 Å². The Hall–Kier alpha value is -1.79. The maximum absolute atomic E-state index is 5.29. The lowest BCUT2D eigenvalue weighted by Crippen LogP contribution is -2.36. The number of amidine groups is 1. The topological polar surface area (TPSA) is 42.6 Å². The molecule has 2 aliphatic heterocycles. The summed E-state index contributed by atoms with van der Waals surface area (Å²) in [5.74, 6) is 1.12. The molecule has 0 aliphatic carbocycles. The van der Waals surface area contributed by atoms with Crippen molar-refractivity contribution in [2.24, 2.45) is 4.99 Å². The molecule has 2 aromatic heterocycles.